The van der Waals surface area contributed by atoms with Gasteiger partial charge in [0.2, 0.25) is 0 Å². The molecule has 1 aliphatic heterocycles. The van der Waals surface area contributed by atoms with Crippen LogP contribution in [0.25, 0.3) is 0 Å². The van der Waals surface area contributed by atoms with Crippen molar-refractivity contribution in [1.29, 1.82) is 0 Å². The van der Waals surface area contributed by atoms with E-state index in [0.29, 0.717) is 6.04 Å². The number of nitrogens with one attached hydrogen (secondary N) is 1. The summed E-state index contributed by atoms with van der Waals surface area (Å²) in [5, 5.41) is 3.02. The molecule has 15 heavy (non-hydrogen) atoms. The van der Waals surface area contributed by atoms with Gasteiger partial charge in [-0.05, 0) is 19.3 Å². The molecule has 0 aromatic carbocycles. The first-order chi connectivity index (χ1) is 7.35. The van der Waals surface area contributed by atoms with Gasteiger partial charge in [-0.25, -0.2) is 4.98 Å². The van der Waals surface area contributed by atoms with Crippen LogP contribution in [0, 0.1) is 0 Å². The molecule has 0 amide bonds. The lowest BCUT2D eigenvalue weighted by atomic mass is 10.2. The number of anilines is 2. The summed E-state index contributed by atoms with van der Waals surface area (Å²) in [5.41, 5.74) is 0. The SMILES string of the molecule is CCC1CCCN1c1cncc(NC)n1. The topological polar surface area (TPSA) is 41.1 Å². The van der Waals surface area contributed by atoms with E-state index in [2.05, 4.69) is 27.1 Å². The predicted octanol–water partition coefficient (Wildman–Crippen LogP) is 1.90. The van der Waals surface area contributed by atoms with E-state index in [1.807, 2.05) is 13.2 Å². The number of hydrogen-bond acceptors (Lipinski definition) is 4. The van der Waals surface area contributed by atoms with Crippen molar-refractivity contribution in [1.82, 2.24) is 9.97 Å². The molecule has 1 aromatic rings. The summed E-state index contributed by atoms with van der Waals surface area (Å²) in [6.45, 7) is 3.35. The number of aromatic nitrogens is 2. The molecule has 1 saturated heterocycles. The van der Waals surface area contributed by atoms with Crippen molar-refractivity contribution in [3.63, 3.8) is 0 Å². The third-order valence-electron chi connectivity index (χ3n) is 3.02. The molecule has 1 unspecified atom stereocenters. The Morgan fingerprint density at radius 2 is 2.40 bits per heavy atom. The molecule has 82 valence electrons. The second-order valence-corrected chi connectivity index (χ2v) is 3.91. The van der Waals surface area contributed by atoms with Crippen LogP contribution >= 0.6 is 0 Å². The van der Waals surface area contributed by atoms with Gasteiger partial charge < -0.3 is 10.2 Å². The summed E-state index contributed by atoms with van der Waals surface area (Å²) in [7, 11) is 1.87. The molecule has 2 heterocycles. The van der Waals surface area contributed by atoms with Gasteiger partial charge in [0.25, 0.3) is 0 Å². The van der Waals surface area contributed by atoms with Crippen LogP contribution in [0.3, 0.4) is 0 Å². The van der Waals surface area contributed by atoms with Crippen molar-refractivity contribution in [3.8, 4) is 0 Å². The van der Waals surface area contributed by atoms with E-state index in [-0.39, 0.29) is 0 Å². The van der Waals surface area contributed by atoms with Crippen LogP contribution in [0.15, 0.2) is 12.4 Å². The number of nitrogens with zero attached hydrogens (tertiary/aromatic N) is 3. The Labute approximate surface area is 90.7 Å². The fourth-order valence-corrected chi connectivity index (χ4v) is 2.18. The van der Waals surface area contributed by atoms with Crippen LogP contribution in [0.2, 0.25) is 0 Å². The molecule has 4 nitrogen and oxygen atoms in total. The molecule has 0 aliphatic carbocycles. The van der Waals surface area contributed by atoms with Crippen LogP contribution in [-0.2, 0) is 0 Å². The first-order valence-electron chi connectivity index (χ1n) is 5.61. The van der Waals surface area contributed by atoms with Gasteiger partial charge in [-0.3, -0.25) is 4.98 Å². The van der Waals surface area contributed by atoms with Crippen LogP contribution in [0.1, 0.15) is 26.2 Å². The zero-order chi connectivity index (χ0) is 10.7. The van der Waals surface area contributed by atoms with Gasteiger partial charge in [-0.15, -0.1) is 0 Å². The quantitative estimate of drug-likeness (QED) is 0.820. The molecule has 1 aromatic heterocycles. The third kappa shape index (κ3) is 2.03. The number of rotatable bonds is 3. The summed E-state index contributed by atoms with van der Waals surface area (Å²) < 4.78 is 0. The standard InChI is InChI=1S/C11H18N4/c1-3-9-5-4-6-15(9)11-8-13-7-10(12-2)14-11/h7-9H,3-6H2,1-2H3,(H,12,14). The van der Waals surface area contributed by atoms with Crippen LogP contribution in [0.4, 0.5) is 11.6 Å². The van der Waals surface area contributed by atoms with Crippen LogP contribution in [0.5, 0.6) is 0 Å². The molecule has 1 atom stereocenters. The maximum Gasteiger partial charge on any atom is 0.149 e. The minimum Gasteiger partial charge on any atom is -0.372 e. The fraction of sp³-hybridized carbons (Fsp3) is 0.636. The lowest BCUT2D eigenvalue weighted by molar-refractivity contribution is 0.640. The average Bonchev–Trinajstić information content (AvgIpc) is 2.77. The third-order valence-corrected chi connectivity index (χ3v) is 3.02. The zero-order valence-corrected chi connectivity index (χ0v) is 9.40. The largest absolute Gasteiger partial charge is 0.372 e. The Balaban J connectivity index is 2.20. The highest BCUT2D eigenvalue weighted by atomic mass is 15.2. The van der Waals surface area contributed by atoms with E-state index >= 15 is 0 Å². The molecule has 1 fully saturated rings. The lowest BCUT2D eigenvalue weighted by Crippen LogP contribution is -2.29. The lowest BCUT2D eigenvalue weighted by Gasteiger charge is -2.24. The molecule has 0 radical (unpaired) electrons. The minimum absolute atomic E-state index is 0.645. The molecule has 2 rings (SSSR count). The monoisotopic (exact) mass is 206 g/mol. The summed E-state index contributed by atoms with van der Waals surface area (Å²) in [4.78, 5) is 11.1. The smallest absolute Gasteiger partial charge is 0.149 e. The van der Waals surface area contributed by atoms with Gasteiger partial charge >= 0.3 is 0 Å². The van der Waals surface area contributed by atoms with Gasteiger partial charge in [-0.1, -0.05) is 6.92 Å². The molecular formula is C11H18N4. The molecule has 0 bridgehead atoms. The van der Waals surface area contributed by atoms with Gasteiger partial charge in [0, 0.05) is 19.6 Å². The zero-order valence-electron chi connectivity index (χ0n) is 9.40. The predicted molar refractivity (Wildman–Crippen MR) is 62.2 cm³/mol. The van der Waals surface area contributed by atoms with Crippen molar-refractivity contribution >= 4 is 11.6 Å². The Morgan fingerprint density at radius 1 is 1.53 bits per heavy atom. The molecule has 0 spiro atoms. The normalized spacial score (nSPS) is 20.7. The average molecular weight is 206 g/mol. The molecular weight excluding hydrogens is 188 g/mol. The second kappa shape index (κ2) is 4.47. The van der Waals surface area contributed by atoms with Crippen LogP contribution < -0.4 is 10.2 Å². The van der Waals surface area contributed by atoms with E-state index in [4.69, 9.17) is 0 Å². The van der Waals surface area contributed by atoms with Gasteiger partial charge in [-0.2, -0.15) is 0 Å². The molecule has 1 aliphatic rings. The van der Waals surface area contributed by atoms with Crippen molar-refractivity contribution < 1.29 is 0 Å². The first kappa shape index (κ1) is 10.2. The van der Waals surface area contributed by atoms with E-state index in [1.165, 1.54) is 19.3 Å². The maximum absolute atomic E-state index is 4.52. The molecule has 0 saturated carbocycles. The van der Waals surface area contributed by atoms with Gasteiger partial charge in [0.05, 0.1) is 12.4 Å². The Hall–Kier alpha value is -1.32. The fourth-order valence-electron chi connectivity index (χ4n) is 2.18. The molecule has 1 N–H and O–H groups in total. The summed E-state index contributed by atoms with van der Waals surface area (Å²) in [6, 6.07) is 0.645. The number of hydrogen-bond donors (Lipinski definition) is 1. The van der Waals surface area contributed by atoms with E-state index in [9.17, 15) is 0 Å². The summed E-state index contributed by atoms with van der Waals surface area (Å²) >= 11 is 0. The highest BCUT2D eigenvalue weighted by Crippen LogP contribution is 2.25. The highest BCUT2D eigenvalue weighted by molar-refractivity contribution is 5.45. The van der Waals surface area contributed by atoms with Gasteiger partial charge in [0.1, 0.15) is 11.6 Å². The Kier molecular flexibility index (Phi) is 3.04. The van der Waals surface area contributed by atoms with E-state index in [1.54, 1.807) is 6.20 Å². The Morgan fingerprint density at radius 3 is 3.13 bits per heavy atom. The minimum atomic E-state index is 0.645. The van der Waals surface area contributed by atoms with Gasteiger partial charge in [0.15, 0.2) is 0 Å². The van der Waals surface area contributed by atoms with E-state index in [0.717, 1.165) is 18.2 Å². The summed E-state index contributed by atoms with van der Waals surface area (Å²) in [6.07, 6.45) is 7.34. The van der Waals surface area contributed by atoms with Crippen molar-refractivity contribution in [2.24, 2.45) is 0 Å². The molecule has 4 heteroatoms. The maximum atomic E-state index is 4.52. The first-order valence-corrected chi connectivity index (χ1v) is 5.61. The van der Waals surface area contributed by atoms with Crippen LogP contribution in [-0.4, -0.2) is 29.6 Å². The second-order valence-electron chi connectivity index (χ2n) is 3.91. The summed E-state index contributed by atoms with van der Waals surface area (Å²) in [5.74, 6) is 1.85. The van der Waals surface area contributed by atoms with Crippen molar-refractivity contribution in [2.75, 3.05) is 23.8 Å². The highest BCUT2D eigenvalue weighted by Gasteiger charge is 2.24. The Bertz CT molecular complexity index is 326. The van der Waals surface area contributed by atoms with Crippen molar-refractivity contribution in [3.05, 3.63) is 12.4 Å². The van der Waals surface area contributed by atoms with E-state index < -0.39 is 0 Å². The van der Waals surface area contributed by atoms with Crippen molar-refractivity contribution in [2.45, 2.75) is 32.2 Å².